The molecule has 1 aliphatic rings. The van der Waals surface area contributed by atoms with Crippen molar-refractivity contribution >= 4 is 5.91 Å². The summed E-state index contributed by atoms with van der Waals surface area (Å²) in [7, 11) is 0. The fraction of sp³-hybridized carbons (Fsp3) is 0.211. The van der Waals surface area contributed by atoms with Crippen LogP contribution in [-0.4, -0.2) is 22.5 Å². The van der Waals surface area contributed by atoms with E-state index < -0.39 is 6.04 Å². The van der Waals surface area contributed by atoms with Crippen LogP contribution in [0.3, 0.4) is 0 Å². The summed E-state index contributed by atoms with van der Waals surface area (Å²) < 4.78 is 17.0. The molecule has 1 amide bonds. The third-order valence-electron chi connectivity index (χ3n) is 4.25. The second kappa shape index (κ2) is 6.99. The Balaban J connectivity index is 1.47. The highest BCUT2D eigenvalue weighted by Crippen LogP contribution is 2.32. The Morgan fingerprint density at radius 2 is 2.07 bits per heavy atom. The smallest absolute Gasteiger partial charge is 0.267 e. The first kappa shape index (κ1) is 16.9. The normalized spacial score (nSPS) is 13.4. The Morgan fingerprint density at radius 3 is 2.89 bits per heavy atom. The number of nitrogens with one attached hydrogen (secondary N) is 1. The molecule has 4 rings (SSSR count). The van der Waals surface area contributed by atoms with Crippen LogP contribution in [0, 0.1) is 0 Å². The van der Waals surface area contributed by atoms with Crippen molar-refractivity contribution in [2.45, 2.75) is 19.5 Å². The van der Waals surface area contributed by atoms with Crippen LogP contribution in [0.2, 0.25) is 0 Å². The number of aromatic nitrogens is 2. The van der Waals surface area contributed by atoms with Gasteiger partial charge in [-0.05, 0) is 42.8 Å². The number of fused-ring (bicyclic) bond motifs is 1. The van der Waals surface area contributed by atoms with Gasteiger partial charge in [0.05, 0.1) is 6.26 Å². The van der Waals surface area contributed by atoms with E-state index in [9.17, 15) is 9.59 Å². The molecule has 1 N–H and O–H groups in total. The van der Waals surface area contributed by atoms with Gasteiger partial charge in [0.1, 0.15) is 11.7 Å². The number of furan rings is 1. The van der Waals surface area contributed by atoms with Crippen LogP contribution in [-0.2, 0) is 11.3 Å². The highest BCUT2D eigenvalue weighted by atomic mass is 16.7. The Bertz CT molecular complexity index is 1030. The first-order chi connectivity index (χ1) is 13.1. The van der Waals surface area contributed by atoms with E-state index in [1.54, 1.807) is 31.2 Å². The number of benzene rings is 1. The zero-order valence-corrected chi connectivity index (χ0v) is 14.5. The zero-order chi connectivity index (χ0) is 18.8. The van der Waals surface area contributed by atoms with Gasteiger partial charge < -0.3 is 19.2 Å². The molecule has 1 aliphatic heterocycles. The summed E-state index contributed by atoms with van der Waals surface area (Å²) in [6.45, 7) is 2.12. The van der Waals surface area contributed by atoms with Crippen LogP contribution in [0.25, 0.3) is 11.5 Å². The van der Waals surface area contributed by atoms with Gasteiger partial charge in [0.2, 0.25) is 12.7 Å². The first-order valence-electron chi connectivity index (χ1n) is 8.42. The van der Waals surface area contributed by atoms with Gasteiger partial charge in [-0.2, -0.15) is 5.10 Å². The number of hydrogen-bond donors (Lipinski definition) is 1. The van der Waals surface area contributed by atoms with Gasteiger partial charge in [-0.15, -0.1) is 0 Å². The van der Waals surface area contributed by atoms with Crippen molar-refractivity contribution in [1.29, 1.82) is 0 Å². The molecule has 2 aromatic heterocycles. The number of carbonyl (C=O) groups is 1. The number of amides is 1. The molecule has 0 saturated heterocycles. The molecule has 1 atom stereocenters. The van der Waals surface area contributed by atoms with E-state index in [-0.39, 0.29) is 18.3 Å². The van der Waals surface area contributed by atoms with E-state index in [4.69, 9.17) is 13.9 Å². The van der Waals surface area contributed by atoms with E-state index >= 15 is 0 Å². The summed E-state index contributed by atoms with van der Waals surface area (Å²) >= 11 is 0. The first-order valence-corrected chi connectivity index (χ1v) is 8.42. The van der Waals surface area contributed by atoms with E-state index in [2.05, 4.69) is 10.4 Å². The lowest BCUT2D eigenvalue weighted by atomic mass is 10.2. The number of rotatable bonds is 5. The molecule has 3 heterocycles. The van der Waals surface area contributed by atoms with E-state index in [0.717, 1.165) is 10.2 Å². The van der Waals surface area contributed by atoms with E-state index in [1.165, 1.54) is 12.3 Å². The predicted molar refractivity (Wildman–Crippen MR) is 95.3 cm³/mol. The molecule has 0 fully saturated rings. The largest absolute Gasteiger partial charge is 0.463 e. The van der Waals surface area contributed by atoms with E-state index in [0.29, 0.717) is 29.5 Å². The van der Waals surface area contributed by atoms with Crippen molar-refractivity contribution in [3.63, 3.8) is 0 Å². The molecule has 8 heteroatoms. The minimum absolute atomic E-state index is 0.197. The molecular formula is C19H17N3O5. The Hall–Kier alpha value is -3.55. The molecule has 27 heavy (non-hydrogen) atoms. The molecule has 3 aromatic rings. The Labute approximate surface area is 154 Å². The van der Waals surface area contributed by atoms with Gasteiger partial charge in [-0.1, -0.05) is 6.07 Å². The highest BCUT2D eigenvalue weighted by molar-refractivity contribution is 5.79. The molecule has 138 valence electrons. The summed E-state index contributed by atoms with van der Waals surface area (Å²) in [5.41, 5.74) is 0.982. The van der Waals surface area contributed by atoms with Crippen molar-refractivity contribution < 1.29 is 18.7 Å². The van der Waals surface area contributed by atoms with Gasteiger partial charge >= 0.3 is 0 Å². The van der Waals surface area contributed by atoms with Gasteiger partial charge in [0, 0.05) is 12.6 Å². The molecule has 0 aliphatic carbocycles. The van der Waals surface area contributed by atoms with Crippen LogP contribution in [0.5, 0.6) is 11.5 Å². The Kier molecular flexibility index (Phi) is 4.37. The maximum absolute atomic E-state index is 12.5. The third-order valence-corrected chi connectivity index (χ3v) is 4.25. The second-order valence-corrected chi connectivity index (χ2v) is 6.06. The molecular weight excluding hydrogens is 350 g/mol. The third kappa shape index (κ3) is 3.41. The molecule has 0 bridgehead atoms. The van der Waals surface area contributed by atoms with E-state index in [1.807, 2.05) is 12.1 Å². The Morgan fingerprint density at radius 1 is 1.22 bits per heavy atom. The maximum atomic E-state index is 12.5. The lowest BCUT2D eigenvalue weighted by molar-refractivity contribution is -0.124. The molecule has 1 aromatic carbocycles. The summed E-state index contributed by atoms with van der Waals surface area (Å²) in [6.07, 6.45) is 1.52. The minimum Gasteiger partial charge on any atom is -0.463 e. The zero-order valence-electron chi connectivity index (χ0n) is 14.5. The summed E-state index contributed by atoms with van der Waals surface area (Å²) in [4.78, 5) is 24.7. The number of carbonyl (C=O) groups excluding carboxylic acids is 1. The molecule has 0 spiro atoms. The standard InChI is InChI=1S/C19H17N3O5/c1-12(22-18(23)7-5-14(21-22)15-3-2-8-25-15)19(24)20-10-13-4-6-16-17(9-13)27-11-26-16/h2-9,12H,10-11H2,1H3,(H,20,24). The minimum atomic E-state index is -0.776. The molecule has 1 unspecified atom stereocenters. The lowest BCUT2D eigenvalue weighted by Crippen LogP contribution is -2.36. The fourth-order valence-corrected chi connectivity index (χ4v) is 2.76. The van der Waals surface area contributed by atoms with Crippen molar-refractivity contribution in [3.05, 3.63) is 64.6 Å². The number of nitrogens with zero attached hydrogens (tertiary/aromatic N) is 2. The summed E-state index contributed by atoms with van der Waals surface area (Å²) in [5, 5.41) is 7.06. The molecule has 0 radical (unpaired) electrons. The van der Waals surface area contributed by atoms with Crippen molar-refractivity contribution in [1.82, 2.24) is 15.1 Å². The average Bonchev–Trinajstić information content (AvgIpc) is 3.37. The SMILES string of the molecule is CC(C(=O)NCc1ccc2c(c1)OCO2)n1nc(-c2ccco2)ccc1=O. The molecule has 8 nitrogen and oxygen atoms in total. The number of ether oxygens (including phenoxy) is 2. The average molecular weight is 367 g/mol. The van der Waals surface area contributed by atoms with Gasteiger partial charge in [-0.25, -0.2) is 4.68 Å². The van der Waals surface area contributed by atoms with Crippen LogP contribution in [0.1, 0.15) is 18.5 Å². The fourth-order valence-electron chi connectivity index (χ4n) is 2.76. The van der Waals surface area contributed by atoms with Gasteiger partial charge in [0.15, 0.2) is 17.3 Å². The monoisotopic (exact) mass is 367 g/mol. The van der Waals surface area contributed by atoms with Crippen LogP contribution in [0.4, 0.5) is 0 Å². The second-order valence-electron chi connectivity index (χ2n) is 6.06. The summed E-state index contributed by atoms with van der Waals surface area (Å²) in [5.74, 6) is 1.54. The van der Waals surface area contributed by atoms with Crippen LogP contribution in [0.15, 0.2) is 57.9 Å². The maximum Gasteiger partial charge on any atom is 0.267 e. The topological polar surface area (TPSA) is 95.6 Å². The summed E-state index contributed by atoms with van der Waals surface area (Å²) in [6, 6.07) is 11.1. The predicted octanol–water partition coefficient (Wildman–Crippen LogP) is 2.11. The van der Waals surface area contributed by atoms with Crippen molar-refractivity contribution in [2.75, 3.05) is 6.79 Å². The highest BCUT2D eigenvalue weighted by Gasteiger charge is 2.19. The molecule has 0 saturated carbocycles. The number of hydrogen-bond acceptors (Lipinski definition) is 6. The van der Waals surface area contributed by atoms with Crippen molar-refractivity contribution in [2.24, 2.45) is 0 Å². The lowest BCUT2D eigenvalue weighted by Gasteiger charge is -2.14. The van der Waals surface area contributed by atoms with Crippen LogP contribution < -0.4 is 20.3 Å². The quantitative estimate of drug-likeness (QED) is 0.742. The van der Waals surface area contributed by atoms with Gasteiger partial charge in [0.25, 0.3) is 5.56 Å². The van der Waals surface area contributed by atoms with Crippen molar-refractivity contribution in [3.8, 4) is 23.0 Å². The van der Waals surface area contributed by atoms with Crippen LogP contribution >= 0.6 is 0 Å². The van der Waals surface area contributed by atoms with Gasteiger partial charge in [-0.3, -0.25) is 9.59 Å².